The summed E-state index contributed by atoms with van der Waals surface area (Å²) in [6.07, 6.45) is 0. The first-order valence-corrected chi connectivity index (χ1v) is 11.3. The maximum atomic E-state index is 13.3. The number of anilines is 2. The maximum absolute atomic E-state index is 13.3. The Kier molecular flexibility index (Phi) is 6.78. The van der Waals surface area contributed by atoms with Crippen LogP contribution in [0.15, 0.2) is 78.4 Å². The number of benzene rings is 3. The van der Waals surface area contributed by atoms with Crippen LogP contribution in [-0.2, 0) is 9.59 Å². The molecule has 1 heterocycles. The minimum Gasteiger partial charge on any atom is -0.507 e. The second-order valence-electron chi connectivity index (χ2n) is 8.28. The normalized spacial score (nSPS) is 16.9. The van der Waals surface area contributed by atoms with E-state index in [0.717, 1.165) is 5.69 Å². The molecule has 1 N–H and O–H groups in total. The molecule has 1 atom stereocenters. The van der Waals surface area contributed by atoms with E-state index in [1.54, 1.807) is 60.7 Å². The van der Waals surface area contributed by atoms with Crippen molar-refractivity contribution in [3.8, 4) is 11.5 Å². The molecular weight excluding hydrogens is 444 g/mol. The molecule has 1 amide bonds. The van der Waals surface area contributed by atoms with Gasteiger partial charge in [0.05, 0.1) is 30.9 Å². The summed E-state index contributed by atoms with van der Waals surface area (Å²) in [5.41, 5.74) is 2.51. The summed E-state index contributed by atoms with van der Waals surface area (Å²) in [4.78, 5) is 30.1. The van der Waals surface area contributed by atoms with Crippen molar-refractivity contribution in [3.63, 3.8) is 0 Å². The lowest BCUT2D eigenvalue weighted by Crippen LogP contribution is -2.29. The molecule has 0 spiro atoms. The van der Waals surface area contributed by atoms with E-state index in [9.17, 15) is 14.7 Å². The molecule has 180 valence electrons. The zero-order valence-electron chi connectivity index (χ0n) is 20.2. The quantitative estimate of drug-likeness (QED) is 0.303. The molecule has 0 bridgehead atoms. The van der Waals surface area contributed by atoms with Crippen LogP contribution in [0.3, 0.4) is 0 Å². The lowest BCUT2D eigenvalue weighted by molar-refractivity contribution is -0.132. The molecule has 1 saturated heterocycles. The Morgan fingerprint density at radius 2 is 1.63 bits per heavy atom. The summed E-state index contributed by atoms with van der Waals surface area (Å²) in [5, 5.41) is 11.3. The third-order valence-corrected chi connectivity index (χ3v) is 5.96. The molecule has 7 nitrogen and oxygen atoms in total. The van der Waals surface area contributed by atoms with E-state index in [1.807, 2.05) is 38.1 Å². The van der Waals surface area contributed by atoms with E-state index in [1.165, 1.54) is 12.0 Å². The third kappa shape index (κ3) is 4.45. The standard InChI is InChI=1S/C28H28N2O5/c1-5-35-21-16-10-18(11-17-21)25-24(26(31)22-8-6-7-9-23(22)34-4)27(32)28(33)30(25)20-14-12-19(13-15-20)29(2)3/h6-17,25,31H,5H2,1-4H3/b26-24-. The molecule has 4 rings (SSSR count). The van der Waals surface area contributed by atoms with Crippen molar-refractivity contribution in [2.45, 2.75) is 13.0 Å². The summed E-state index contributed by atoms with van der Waals surface area (Å²) in [6.45, 7) is 2.41. The fraction of sp³-hybridized carbons (Fsp3) is 0.214. The van der Waals surface area contributed by atoms with Gasteiger partial charge in [-0.1, -0.05) is 24.3 Å². The third-order valence-electron chi connectivity index (χ3n) is 5.96. The van der Waals surface area contributed by atoms with Crippen molar-refractivity contribution in [2.75, 3.05) is 37.6 Å². The van der Waals surface area contributed by atoms with Gasteiger partial charge in [0.2, 0.25) is 0 Å². The van der Waals surface area contributed by atoms with E-state index >= 15 is 0 Å². The molecule has 3 aromatic carbocycles. The number of ether oxygens (including phenoxy) is 2. The van der Waals surface area contributed by atoms with Crippen molar-refractivity contribution in [1.82, 2.24) is 0 Å². The van der Waals surface area contributed by atoms with E-state index in [-0.39, 0.29) is 11.3 Å². The monoisotopic (exact) mass is 472 g/mol. The van der Waals surface area contributed by atoms with Gasteiger partial charge < -0.3 is 19.5 Å². The highest BCUT2D eigenvalue weighted by molar-refractivity contribution is 6.51. The number of ketones is 1. The minimum absolute atomic E-state index is 0.000320. The number of carbonyl (C=O) groups is 2. The van der Waals surface area contributed by atoms with Crippen LogP contribution in [-0.4, -0.2) is 44.6 Å². The van der Waals surface area contributed by atoms with Gasteiger partial charge in [-0.15, -0.1) is 0 Å². The highest BCUT2D eigenvalue weighted by Crippen LogP contribution is 2.43. The molecule has 1 unspecified atom stereocenters. The molecule has 7 heteroatoms. The van der Waals surface area contributed by atoms with Crippen molar-refractivity contribution in [3.05, 3.63) is 89.5 Å². The SMILES string of the molecule is CCOc1ccc(C2/C(=C(/O)c3ccccc3OC)C(=O)C(=O)N2c2ccc(N(C)C)cc2)cc1. The number of hydrogen-bond acceptors (Lipinski definition) is 6. The van der Waals surface area contributed by atoms with E-state index < -0.39 is 17.7 Å². The molecule has 0 aromatic heterocycles. The number of nitrogens with zero attached hydrogens (tertiary/aromatic N) is 2. The summed E-state index contributed by atoms with van der Waals surface area (Å²) in [6, 6.07) is 20.6. The van der Waals surface area contributed by atoms with Crippen LogP contribution in [0.25, 0.3) is 5.76 Å². The number of amides is 1. The average Bonchev–Trinajstić information content (AvgIpc) is 3.14. The second kappa shape index (κ2) is 9.93. The molecule has 0 saturated carbocycles. The fourth-order valence-corrected chi connectivity index (χ4v) is 4.22. The van der Waals surface area contributed by atoms with Gasteiger partial charge in [0.15, 0.2) is 0 Å². The summed E-state index contributed by atoms with van der Waals surface area (Å²) in [7, 11) is 5.34. The summed E-state index contributed by atoms with van der Waals surface area (Å²) >= 11 is 0. The van der Waals surface area contributed by atoms with E-state index in [2.05, 4.69) is 0 Å². The highest BCUT2D eigenvalue weighted by Gasteiger charge is 2.47. The number of methoxy groups -OCH3 is 1. The predicted molar refractivity (Wildman–Crippen MR) is 136 cm³/mol. The Hall–Kier alpha value is -4.26. The van der Waals surface area contributed by atoms with Crippen LogP contribution in [0.4, 0.5) is 11.4 Å². The average molecular weight is 473 g/mol. The molecule has 1 fully saturated rings. The Bertz CT molecular complexity index is 1260. The first-order chi connectivity index (χ1) is 16.9. The van der Waals surface area contributed by atoms with Gasteiger partial charge >= 0.3 is 0 Å². The Morgan fingerprint density at radius 1 is 0.971 bits per heavy atom. The summed E-state index contributed by atoms with van der Waals surface area (Å²) in [5.74, 6) is -0.681. The van der Waals surface area contributed by atoms with Crippen LogP contribution in [0, 0.1) is 0 Å². The van der Waals surface area contributed by atoms with Gasteiger partial charge in [0, 0.05) is 25.5 Å². The number of rotatable bonds is 7. The number of hydrogen-bond donors (Lipinski definition) is 1. The van der Waals surface area contributed by atoms with Crippen LogP contribution in [0.1, 0.15) is 24.1 Å². The van der Waals surface area contributed by atoms with E-state index in [0.29, 0.717) is 34.9 Å². The first kappa shape index (κ1) is 23.9. The number of aliphatic hydroxyl groups is 1. The lowest BCUT2D eigenvalue weighted by atomic mass is 9.94. The van der Waals surface area contributed by atoms with Gasteiger partial charge in [-0.2, -0.15) is 0 Å². The first-order valence-electron chi connectivity index (χ1n) is 11.3. The van der Waals surface area contributed by atoms with E-state index in [4.69, 9.17) is 9.47 Å². The topological polar surface area (TPSA) is 79.3 Å². The zero-order chi connectivity index (χ0) is 25.1. The number of para-hydroxylation sites is 1. The Balaban J connectivity index is 1.91. The lowest BCUT2D eigenvalue weighted by Gasteiger charge is -2.26. The number of aliphatic hydroxyl groups excluding tert-OH is 1. The summed E-state index contributed by atoms with van der Waals surface area (Å²) < 4.78 is 11.0. The van der Waals surface area contributed by atoms with Gasteiger partial charge in [-0.05, 0) is 61.0 Å². The molecule has 0 aliphatic carbocycles. The molecule has 1 aliphatic rings. The van der Waals surface area contributed by atoms with Crippen molar-refractivity contribution < 1.29 is 24.2 Å². The Labute approximate surface area is 204 Å². The van der Waals surface area contributed by atoms with Crippen LogP contribution in [0.5, 0.6) is 11.5 Å². The number of carbonyl (C=O) groups excluding carboxylic acids is 2. The number of Topliss-reactive ketones (excluding diaryl/α,β-unsaturated/α-hetero) is 1. The van der Waals surface area contributed by atoms with Crippen molar-refractivity contribution in [2.24, 2.45) is 0 Å². The molecular formula is C28H28N2O5. The molecule has 1 aliphatic heterocycles. The van der Waals surface area contributed by atoms with Gasteiger partial charge in [0.1, 0.15) is 17.3 Å². The highest BCUT2D eigenvalue weighted by atomic mass is 16.5. The van der Waals surface area contributed by atoms with Crippen LogP contribution < -0.4 is 19.3 Å². The smallest absolute Gasteiger partial charge is 0.300 e. The molecule has 35 heavy (non-hydrogen) atoms. The van der Waals surface area contributed by atoms with Gasteiger partial charge in [-0.25, -0.2) is 0 Å². The zero-order valence-corrected chi connectivity index (χ0v) is 20.2. The maximum Gasteiger partial charge on any atom is 0.300 e. The van der Waals surface area contributed by atoms with Crippen LogP contribution in [0.2, 0.25) is 0 Å². The van der Waals surface area contributed by atoms with Crippen LogP contribution >= 0.6 is 0 Å². The van der Waals surface area contributed by atoms with Gasteiger partial charge in [0.25, 0.3) is 11.7 Å². The second-order valence-corrected chi connectivity index (χ2v) is 8.28. The molecule has 3 aromatic rings. The van der Waals surface area contributed by atoms with Gasteiger partial charge in [-0.3, -0.25) is 14.5 Å². The largest absolute Gasteiger partial charge is 0.507 e. The predicted octanol–water partition coefficient (Wildman–Crippen LogP) is 4.79. The van der Waals surface area contributed by atoms with Crippen molar-refractivity contribution in [1.29, 1.82) is 0 Å². The van der Waals surface area contributed by atoms with Crippen molar-refractivity contribution >= 4 is 28.8 Å². The Morgan fingerprint density at radius 3 is 2.23 bits per heavy atom. The fourth-order valence-electron chi connectivity index (χ4n) is 4.22. The minimum atomic E-state index is -0.833. The molecule has 0 radical (unpaired) electrons.